The van der Waals surface area contributed by atoms with Gasteiger partial charge in [0.1, 0.15) is 5.75 Å². The lowest BCUT2D eigenvalue weighted by Gasteiger charge is -2.11. The molecule has 0 saturated heterocycles. The van der Waals surface area contributed by atoms with Crippen molar-refractivity contribution in [2.24, 2.45) is 0 Å². The van der Waals surface area contributed by atoms with Crippen LogP contribution in [-0.2, 0) is 5.33 Å². The Morgan fingerprint density at radius 3 is 2.00 bits per heavy atom. The first-order valence-electron chi connectivity index (χ1n) is 5.91. The van der Waals surface area contributed by atoms with Crippen LogP contribution in [0, 0.1) is 25.5 Å². The number of ether oxygens (including phenoxy) is 1. The highest BCUT2D eigenvalue weighted by molar-refractivity contribution is 9.08. The number of aryl methyl sites for hydroxylation is 2. The van der Waals surface area contributed by atoms with Crippen LogP contribution in [0.4, 0.5) is 8.78 Å². The molecule has 0 aliphatic rings. The first-order chi connectivity index (χ1) is 9.42. The average Bonchev–Trinajstić information content (AvgIpc) is 2.39. The summed E-state index contributed by atoms with van der Waals surface area (Å²) in [7, 11) is 0. The molecule has 0 N–H and O–H groups in total. The summed E-state index contributed by atoms with van der Waals surface area (Å²) in [4.78, 5) is 0. The van der Waals surface area contributed by atoms with Crippen molar-refractivity contribution < 1.29 is 13.5 Å². The SMILES string of the molecule is Cc1cc(Oc2c(F)cc(CBr)cc2F)cc(C)c1Cl. The van der Waals surface area contributed by atoms with Crippen LogP contribution in [0.15, 0.2) is 24.3 Å². The second kappa shape index (κ2) is 6.10. The van der Waals surface area contributed by atoms with Gasteiger partial charge in [0, 0.05) is 10.4 Å². The molecule has 0 aliphatic carbocycles. The molecule has 0 aliphatic heterocycles. The molecule has 1 nitrogen and oxygen atoms in total. The molecule has 5 heteroatoms. The minimum atomic E-state index is -0.732. The topological polar surface area (TPSA) is 9.23 Å². The maximum atomic E-state index is 13.9. The molecule has 0 amide bonds. The number of rotatable bonds is 3. The van der Waals surface area contributed by atoms with E-state index >= 15 is 0 Å². The molecule has 0 heterocycles. The van der Waals surface area contributed by atoms with Crippen molar-refractivity contribution in [1.29, 1.82) is 0 Å². The average molecular weight is 362 g/mol. The van der Waals surface area contributed by atoms with Gasteiger partial charge in [0.05, 0.1) is 0 Å². The van der Waals surface area contributed by atoms with Gasteiger partial charge in [-0.15, -0.1) is 0 Å². The summed E-state index contributed by atoms with van der Waals surface area (Å²) in [5.41, 5.74) is 2.09. The van der Waals surface area contributed by atoms with Crippen LogP contribution in [-0.4, -0.2) is 0 Å². The molecule has 0 radical (unpaired) electrons. The Morgan fingerprint density at radius 1 is 1.05 bits per heavy atom. The molecule has 2 aromatic rings. The Hall–Kier alpha value is -1.13. The largest absolute Gasteiger partial charge is 0.451 e. The van der Waals surface area contributed by atoms with Crippen LogP contribution in [0.3, 0.4) is 0 Å². The second-order valence-corrected chi connectivity index (χ2v) is 5.43. The van der Waals surface area contributed by atoms with Crippen LogP contribution in [0.2, 0.25) is 5.02 Å². The number of hydrogen-bond donors (Lipinski definition) is 0. The van der Waals surface area contributed by atoms with Gasteiger partial charge in [0.2, 0.25) is 0 Å². The van der Waals surface area contributed by atoms with Crippen molar-refractivity contribution in [2.45, 2.75) is 19.2 Å². The predicted octanol–water partition coefficient (Wildman–Crippen LogP) is 5.92. The predicted molar refractivity (Wildman–Crippen MR) is 80.0 cm³/mol. The van der Waals surface area contributed by atoms with E-state index in [1.807, 2.05) is 13.8 Å². The van der Waals surface area contributed by atoms with Crippen molar-refractivity contribution in [1.82, 2.24) is 0 Å². The summed E-state index contributed by atoms with van der Waals surface area (Å²) in [6.45, 7) is 3.62. The van der Waals surface area contributed by atoms with Gasteiger partial charge in [0.15, 0.2) is 17.4 Å². The second-order valence-electron chi connectivity index (χ2n) is 4.50. The summed E-state index contributed by atoms with van der Waals surface area (Å²) in [6.07, 6.45) is 0. The Morgan fingerprint density at radius 2 is 1.55 bits per heavy atom. The number of halogens is 4. The van der Waals surface area contributed by atoms with Crippen molar-refractivity contribution >= 4 is 27.5 Å². The highest BCUT2D eigenvalue weighted by atomic mass is 79.9. The molecule has 0 bridgehead atoms. The third-order valence-electron chi connectivity index (χ3n) is 2.84. The van der Waals surface area contributed by atoms with Gasteiger partial charge in [-0.05, 0) is 54.8 Å². The fourth-order valence-electron chi connectivity index (χ4n) is 1.87. The van der Waals surface area contributed by atoms with E-state index in [1.54, 1.807) is 12.1 Å². The minimum absolute atomic E-state index is 0.355. The standard InChI is InChI=1S/C15H12BrClF2O/c1-8-3-11(4-9(2)14(8)17)20-15-12(18)5-10(7-16)6-13(15)19/h3-6H,7H2,1-2H3. The number of alkyl halides is 1. The third kappa shape index (κ3) is 3.13. The molecule has 0 unspecified atom stereocenters. The van der Waals surface area contributed by atoms with E-state index in [2.05, 4.69) is 15.9 Å². The van der Waals surface area contributed by atoms with Gasteiger partial charge in [-0.2, -0.15) is 0 Å². The normalized spacial score (nSPS) is 10.7. The number of benzene rings is 2. The van der Waals surface area contributed by atoms with Crippen molar-refractivity contribution in [3.8, 4) is 11.5 Å². The lowest BCUT2D eigenvalue weighted by Crippen LogP contribution is -1.96. The van der Waals surface area contributed by atoms with Crippen molar-refractivity contribution in [3.63, 3.8) is 0 Å². The van der Waals surface area contributed by atoms with Crippen molar-refractivity contribution in [3.05, 3.63) is 57.6 Å². The molecule has 0 fully saturated rings. The smallest absolute Gasteiger partial charge is 0.198 e. The van der Waals surface area contributed by atoms with Gasteiger partial charge in [-0.25, -0.2) is 8.78 Å². The van der Waals surface area contributed by atoms with E-state index in [0.717, 1.165) is 11.1 Å². The summed E-state index contributed by atoms with van der Waals surface area (Å²) in [6, 6.07) is 5.77. The van der Waals surface area contributed by atoms with Gasteiger partial charge >= 0.3 is 0 Å². The van der Waals surface area contributed by atoms with Crippen LogP contribution >= 0.6 is 27.5 Å². The molecule has 2 aromatic carbocycles. The number of hydrogen-bond acceptors (Lipinski definition) is 1. The summed E-state index contributed by atoms with van der Waals surface area (Å²) >= 11 is 9.20. The lowest BCUT2D eigenvalue weighted by atomic mass is 10.1. The van der Waals surface area contributed by atoms with Gasteiger partial charge in [-0.1, -0.05) is 27.5 Å². The van der Waals surface area contributed by atoms with Crippen LogP contribution < -0.4 is 4.74 Å². The van der Waals surface area contributed by atoms with E-state index in [1.165, 1.54) is 12.1 Å². The van der Waals surface area contributed by atoms with E-state index in [4.69, 9.17) is 16.3 Å². The monoisotopic (exact) mass is 360 g/mol. The molecule has 106 valence electrons. The molecule has 0 saturated carbocycles. The molecular formula is C15H12BrClF2O. The summed E-state index contributed by atoms with van der Waals surface area (Å²) in [5, 5.41) is 0.994. The summed E-state index contributed by atoms with van der Waals surface area (Å²) in [5.74, 6) is -1.51. The highest BCUT2D eigenvalue weighted by Gasteiger charge is 2.14. The van der Waals surface area contributed by atoms with Crippen LogP contribution in [0.25, 0.3) is 0 Å². The maximum absolute atomic E-state index is 13.9. The van der Waals surface area contributed by atoms with E-state index in [0.29, 0.717) is 21.7 Å². The van der Waals surface area contributed by atoms with Gasteiger partial charge in [-0.3, -0.25) is 0 Å². The fourth-order valence-corrected chi connectivity index (χ4v) is 2.30. The van der Waals surface area contributed by atoms with E-state index in [-0.39, 0.29) is 0 Å². The Labute approximate surface area is 129 Å². The highest BCUT2D eigenvalue weighted by Crippen LogP contribution is 2.32. The zero-order chi connectivity index (χ0) is 14.9. The van der Waals surface area contributed by atoms with Crippen LogP contribution in [0.5, 0.6) is 11.5 Å². The Balaban J connectivity index is 2.40. The van der Waals surface area contributed by atoms with Gasteiger partial charge < -0.3 is 4.74 Å². The lowest BCUT2D eigenvalue weighted by molar-refractivity contribution is 0.406. The molecule has 20 heavy (non-hydrogen) atoms. The van der Waals surface area contributed by atoms with E-state index in [9.17, 15) is 8.78 Å². The third-order valence-corrected chi connectivity index (χ3v) is 4.09. The Kier molecular flexibility index (Phi) is 4.66. The molecule has 0 aromatic heterocycles. The zero-order valence-electron chi connectivity index (χ0n) is 10.9. The minimum Gasteiger partial charge on any atom is -0.451 e. The molecule has 0 spiro atoms. The molecular weight excluding hydrogens is 350 g/mol. The first-order valence-corrected chi connectivity index (χ1v) is 7.40. The molecule has 0 atom stereocenters. The Bertz CT molecular complexity index is 612. The zero-order valence-corrected chi connectivity index (χ0v) is 13.3. The first kappa shape index (κ1) is 15.3. The van der Waals surface area contributed by atoms with Crippen molar-refractivity contribution in [2.75, 3.05) is 0 Å². The maximum Gasteiger partial charge on any atom is 0.198 e. The summed E-state index contributed by atoms with van der Waals surface area (Å²) < 4.78 is 33.0. The van der Waals surface area contributed by atoms with Crippen LogP contribution in [0.1, 0.15) is 16.7 Å². The fraction of sp³-hybridized carbons (Fsp3) is 0.200. The quantitative estimate of drug-likeness (QED) is 0.616. The molecule has 2 rings (SSSR count). The van der Waals surface area contributed by atoms with E-state index < -0.39 is 17.4 Å². The van der Waals surface area contributed by atoms with Gasteiger partial charge in [0.25, 0.3) is 0 Å².